The van der Waals surface area contributed by atoms with Gasteiger partial charge in [0.25, 0.3) is 0 Å². The fourth-order valence-corrected chi connectivity index (χ4v) is 3.12. The van der Waals surface area contributed by atoms with Crippen molar-refractivity contribution in [3.8, 4) is 0 Å². The van der Waals surface area contributed by atoms with Crippen LogP contribution in [-0.4, -0.2) is 28.8 Å². The number of hydrogen-bond donors (Lipinski definition) is 1. The van der Waals surface area contributed by atoms with Crippen LogP contribution in [0.3, 0.4) is 0 Å². The number of benzene rings is 1. The first-order valence-electron chi connectivity index (χ1n) is 7.61. The molecule has 1 heterocycles. The molecule has 0 aliphatic carbocycles. The van der Waals surface area contributed by atoms with E-state index in [2.05, 4.69) is 5.32 Å². The predicted molar refractivity (Wildman–Crippen MR) is 84.2 cm³/mol. The molecule has 0 bridgehead atoms. The Hall–Kier alpha value is -1.84. The van der Waals surface area contributed by atoms with Crippen LogP contribution in [0.5, 0.6) is 0 Å². The fraction of sp³-hybridized carbons (Fsp3) is 0.529. The molecule has 114 valence electrons. The van der Waals surface area contributed by atoms with Crippen LogP contribution in [0.2, 0.25) is 0 Å². The van der Waals surface area contributed by atoms with Gasteiger partial charge in [0.2, 0.25) is 0 Å². The van der Waals surface area contributed by atoms with Crippen LogP contribution >= 0.6 is 0 Å². The summed E-state index contributed by atoms with van der Waals surface area (Å²) in [5, 5.41) is 2.79. The number of nitrogens with one attached hydrogen (secondary N) is 1. The molecule has 4 nitrogen and oxygen atoms in total. The van der Waals surface area contributed by atoms with Crippen LogP contribution in [0.25, 0.3) is 0 Å². The first-order chi connectivity index (χ1) is 9.91. The predicted octanol–water partition coefficient (Wildman–Crippen LogP) is 3.03. The summed E-state index contributed by atoms with van der Waals surface area (Å²) in [4.78, 5) is 26.5. The highest BCUT2D eigenvalue weighted by Crippen LogP contribution is 2.24. The van der Waals surface area contributed by atoms with E-state index in [-0.39, 0.29) is 12.1 Å². The molecule has 21 heavy (non-hydrogen) atoms. The van der Waals surface area contributed by atoms with E-state index < -0.39 is 11.8 Å². The number of para-hydroxylation sites is 1. The summed E-state index contributed by atoms with van der Waals surface area (Å²) < 4.78 is 0. The number of hydrogen-bond acceptors (Lipinski definition) is 2. The number of rotatable bonds is 1. The lowest BCUT2D eigenvalue weighted by Crippen LogP contribution is -2.51. The Morgan fingerprint density at radius 3 is 2.14 bits per heavy atom. The monoisotopic (exact) mass is 288 g/mol. The Labute approximate surface area is 126 Å². The number of piperidine rings is 1. The molecule has 1 aromatic rings. The van der Waals surface area contributed by atoms with Crippen LogP contribution in [0, 0.1) is 13.8 Å². The molecule has 2 amide bonds. The lowest BCUT2D eigenvalue weighted by molar-refractivity contribution is -0.147. The maximum absolute atomic E-state index is 12.5. The van der Waals surface area contributed by atoms with Gasteiger partial charge in [-0.1, -0.05) is 18.2 Å². The highest BCUT2D eigenvalue weighted by atomic mass is 16.2. The van der Waals surface area contributed by atoms with E-state index in [1.165, 1.54) is 0 Å². The molecule has 1 aliphatic heterocycles. The maximum atomic E-state index is 12.5. The number of nitrogens with zero attached hydrogens (tertiary/aromatic N) is 1. The summed E-state index contributed by atoms with van der Waals surface area (Å²) in [7, 11) is 0. The number of carbonyl (C=O) groups excluding carboxylic acids is 2. The van der Waals surface area contributed by atoms with Gasteiger partial charge in [-0.05, 0) is 58.1 Å². The minimum absolute atomic E-state index is 0.130. The summed E-state index contributed by atoms with van der Waals surface area (Å²) in [5.74, 6) is -0.953. The van der Waals surface area contributed by atoms with Crippen molar-refractivity contribution in [3.05, 3.63) is 29.3 Å². The molecule has 2 rings (SSSR count). The average Bonchev–Trinajstić information content (AvgIpc) is 2.42. The minimum atomic E-state index is -0.534. The largest absolute Gasteiger partial charge is 0.329 e. The number of aryl methyl sites for hydroxylation is 2. The van der Waals surface area contributed by atoms with Crippen molar-refractivity contribution in [2.75, 3.05) is 5.32 Å². The molecule has 1 N–H and O–H groups in total. The van der Waals surface area contributed by atoms with Gasteiger partial charge in [0.1, 0.15) is 0 Å². The van der Waals surface area contributed by atoms with Crippen molar-refractivity contribution in [1.29, 1.82) is 0 Å². The summed E-state index contributed by atoms with van der Waals surface area (Å²) in [6, 6.07) is 6.06. The lowest BCUT2D eigenvalue weighted by Gasteiger charge is -2.38. The van der Waals surface area contributed by atoms with Crippen LogP contribution in [0.15, 0.2) is 18.2 Å². The second-order valence-corrected chi connectivity index (χ2v) is 6.06. The van der Waals surface area contributed by atoms with Crippen molar-refractivity contribution in [2.24, 2.45) is 0 Å². The van der Waals surface area contributed by atoms with Gasteiger partial charge < -0.3 is 10.2 Å². The SMILES string of the molecule is Cc1cccc(C)c1NC(=O)C(=O)N1C(C)CCCC1C. The van der Waals surface area contributed by atoms with Gasteiger partial charge in [-0.3, -0.25) is 9.59 Å². The van der Waals surface area contributed by atoms with Crippen LogP contribution < -0.4 is 5.32 Å². The molecular weight excluding hydrogens is 264 g/mol. The minimum Gasteiger partial charge on any atom is -0.329 e. The average molecular weight is 288 g/mol. The van der Waals surface area contributed by atoms with Crippen molar-refractivity contribution < 1.29 is 9.59 Å². The van der Waals surface area contributed by atoms with E-state index in [1.54, 1.807) is 4.90 Å². The molecule has 1 saturated heterocycles. The molecule has 1 aliphatic rings. The third-order valence-corrected chi connectivity index (χ3v) is 4.34. The summed E-state index contributed by atoms with van der Waals surface area (Å²) in [6.07, 6.45) is 3.05. The number of anilines is 1. The van der Waals surface area contributed by atoms with E-state index in [0.717, 1.165) is 36.1 Å². The molecule has 2 atom stereocenters. The molecule has 2 unspecified atom stereocenters. The summed E-state index contributed by atoms with van der Waals surface area (Å²) in [6.45, 7) is 7.89. The Morgan fingerprint density at radius 1 is 1.10 bits per heavy atom. The van der Waals surface area contributed by atoms with Gasteiger partial charge in [0.15, 0.2) is 0 Å². The molecule has 1 fully saturated rings. The van der Waals surface area contributed by atoms with Crippen molar-refractivity contribution in [3.63, 3.8) is 0 Å². The highest BCUT2D eigenvalue weighted by molar-refractivity contribution is 6.39. The Bertz CT molecular complexity index is 523. The van der Waals surface area contributed by atoms with Gasteiger partial charge in [0, 0.05) is 17.8 Å². The van der Waals surface area contributed by atoms with Crippen LogP contribution in [0.1, 0.15) is 44.2 Å². The molecule has 4 heteroatoms. The highest BCUT2D eigenvalue weighted by Gasteiger charge is 2.32. The summed E-state index contributed by atoms with van der Waals surface area (Å²) >= 11 is 0. The topological polar surface area (TPSA) is 49.4 Å². The zero-order chi connectivity index (χ0) is 15.6. The maximum Gasteiger partial charge on any atom is 0.313 e. The number of carbonyl (C=O) groups is 2. The molecule has 1 aromatic carbocycles. The zero-order valence-electron chi connectivity index (χ0n) is 13.3. The Kier molecular flexibility index (Phi) is 4.66. The quantitative estimate of drug-likeness (QED) is 0.808. The van der Waals surface area contributed by atoms with E-state index >= 15 is 0 Å². The summed E-state index contributed by atoms with van der Waals surface area (Å²) in [5.41, 5.74) is 2.68. The smallest absolute Gasteiger partial charge is 0.313 e. The number of amides is 2. The van der Waals surface area contributed by atoms with Crippen molar-refractivity contribution in [1.82, 2.24) is 4.90 Å². The van der Waals surface area contributed by atoms with Gasteiger partial charge in [0.05, 0.1) is 0 Å². The van der Waals surface area contributed by atoms with E-state index in [0.29, 0.717) is 0 Å². The van der Waals surface area contributed by atoms with Crippen molar-refractivity contribution >= 4 is 17.5 Å². The Morgan fingerprint density at radius 2 is 1.62 bits per heavy atom. The normalized spacial score (nSPS) is 22.0. The van der Waals surface area contributed by atoms with E-state index in [1.807, 2.05) is 45.9 Å². The van der Waals surface area contributed by atoms with E-state index in [4.69, 9.17) is 0 Å². The molecule has 0 saturated carbocycles. The second-order valence-electron chi connectivity index (χ2n) is 6.06. The van der Waals surface area contributed by atoms with E-state index in [9.17, 15) is 9.59 Å². The standard InChI is InChI=1S/C17H24N2O2/c1-11-7-5-8-12(2)15(11)18-16(20)17(21)19-13(3)9-6-10-14(19)4/h5,7-8,13-14H,6,9-10H2,1-4H3,(H,18,20). The van der Waals surface area contributed by atoms with Crippen LogP contribution in [0.4, 0.5) is 5.69 Å². The number of likely N-dealkylation sites (tertiary alicyclic amines) is 1. The zero-order valence-corrected chi connectivity index (χ0v) is 13.3. The first kappa shape index (κ1) is 15.5. The van der Waals surface area contributed by atoms with Gasteiger partial charge in [-0.25, -0.2) is 0 Å². The van der Waals surface area contributed by atoms with Gasteiger partial charge >= 0.3 is 11.8 Å². The second kappa shape index (κ2) is 6.29. The molecule has 0 aromatic heterocycles. The van der Waals surface area contributed by atoms with Gasteiger partial charge in [-0.15, -0.1) is 0 Å². The fourth-order valence-electron chi connectivity index (χ4n) is 3.12. The third kappa shape index (κ3) is 3.26. The molecular formula is C17H24N2O2. The lowest BCUT2D eigenvalue weighted by atomic mass is 9.97. The van der Waals surface area contributed by atoms with Crippen LogP contribution in [-0.2, 0) is 9.59 Å². The molecule has 0 spiro atoms. The third-order valence-electron chi connectivity index (χ3n) is 4.34. The molecule has 0 radical (unpaired) electrons. The van der Waals surface area contributed by atoms with Crippen molar-refractivity contribution in [2.45, 2.75) is 59.0 Å². The van der Waals surface area contributed by atoms with Gasteiger partial charge in [-0.2, -0.15) is 0 Å². The first-order valence-corrected chi connectivity index (χ1v) is 7.61. The Balaban J connectivity index is 2.14.